The van der Waals surface area contributed by atoms with Crippen LogP contribution in [0, 0.1) is 19.7 Å². The highest BCUT2D eigenvalue weighted by molar-refractivity contribution is 6.31. The number of aromatic nitrogens is 2. The molecule has 1 amide bonds. The van der Waals surface area contributed by atoms with Crippen LogP contribution in [0.1, 0.15) is 39.8 Å². The number of carbonyl (C=O) groups is 1. The van der Waals surface area contributed by atoms with Crippen molar-refractivity contribution in [2.45, 2.75) is 33.9 Å². The minimum absolute atomic E-state index is 0.137. The fourth-order valence-corrected chi connectivity index (χ4v) is 3.82. The minimum atomic E-state index is -0.235. The number of benzene rings is 2. The molecule has 3 rings (SSSR count). The van der Waals surface area contributed by atoms with Gasteiger partial charge in [0, 0.05) is 30.4 Å². The molecule has 7 heteroatoms. The van der Waals surface area contributed by atoms with Crippen molar-refractivity contribution in [2.75, 3.05) is 19.6 Å². The molecule has 0 saturated carbocycles. The van der Waals surface area contributed by atoms with Crippen LogP contribution in [0.15, 0.2) is 48.5 Å². The van der Waals surface area contributed by atoms with Crippen LogP contribution in [-0.2, 0) is 13.1 Å². The fraction of sp³-hybridized carbons (Fsp3) is 0.333. The van der Waals surface area contributed by atoms with E-state index in [1.807, 2.05) is 55.8 Å². The van der Waals surface area contributed by atoms with Crippen molar-refractivity contribution < 1.29 is 9.18 Å². The van der Waals surface area contributed by atoms with E-state index in [0.29, 0.717) is 42.5 Å². The van der Waals surface area contributed by atoms with E-state index < -0.39 is 0 Å². The summed E-state index contributed by atoms with van der Waals surface area (Å²) in [6.07, 6.45) is 0. The van der Waals surface area contributed by atoms with Gasteiger partial charge in [-0.15, -0.1) is 0 Å². The first kappa shape index (κ1) is 23.0. The predicted octanol–water partition coefficient (Wildman–Crippen LogP) is 4.59. The third kappa shape index (κ3) is 5.93. The van der Waals surface area contributed by atoms with Crippen LogP contribution in [0.2, 0.25) is 5.02 Å². The monoisotopic (exact) mass is 442 g/mol. The van der Waals surface area contributed by atoms with Crippen molar-refractivity contribution in [2.24, 2.45) is 0 Å². The first-order chi connectivity index (χ1) is 14.9. The van der Waals surface area contributed by atoms with Crippen molar-refractivity contribution in [1.82, 2.24) is 20.0 Å². The summed E-state index contributed by atoms with van der Waals surface area (Å²) in [5.41, 5.74) is 3.97. The minimum Gasteiger partial charge on any atom is -0.351 e. The number of rotatable bonds is 9. The summed E-state index contributed by atoms with van der Waals surface area (Å²) in [7, 11) is 0. The Balaban J connectivity index is 1.60. The van der Waals surface area contributed by atoms with Crippen molar-refractivity contribution in [3.8, 4) is 0 Å². The van der Waals surface area contributed by atoms with Gasteiger partial charge in [0.25, 0.3) is 5.91 Å². The molecule has 5 nitrogen and oxygen atoms in total. The Morgan fingerprint density at radius 2 is 1.97 bits per heavy atom. The van der Waals surface area contributed by atoms with Crippen LogP contribution < -0.4 is 5.32 Å². The number of carbonyl (C=O) groups excluding carboxylic acids is 1. The maximum atomic E-state index is 13.4. The van der Waals surface area contributed by atoms with Gasteiger partial charge in [0.2, 0.25) is 0 Å². The third-order valence-corrected chi connectivity index (χ3v) is 5.71. The van der Waals surface area contributed by atoms with Gasteiger partial charge in [-0.05, 0) is 49.7 Å². The number of nitrogens with one attached hydrogen (secondary N) is 1. The Labute approximate surface area is 187 Å². The molecule has 1 N–H and O–H groups in total. The first-order valence-corrected chi connectivity index (χ1v) is 10.8. The lowest BCUT2D eigenvalue weighted by atomic mass is 10.1. The molecule has 3 aromatic rings. The molecule has 1 heterocycles. The van der Waals surface area contributed by atoms with Gasteiger partial charge in [-0.3, -0.25) is 14.4 Å². The standard InChI is InChI=1S/C24H28ClFN4O/c1-4-29(15-19-8-7-10-21(26)14-19)13-12-27-24(31)23-17(2)28-30(18(23)3)16-20-9-5-6-11-22(20)25/h5-11,14H,4,12-13,15-16H2,1-3H3,(H,27,31). The highest BCUT2D eigenvalue weighted by Crippen LogP contribution is 2.19. The average molecular weight is 443 g/mol. The van der Waals surface area contributed by atoms with Crippen LogP contribution in [-0.4, -0.2) is 40.2 Å². The quantitative estimate of drug-likeness (QED) is 0.527. The largest absolute Gasteiger partial charge is 0.351 e. The Bertz CT molecular complexity index is 1050. The summed E-state index contributed by atoms with van der Waals surface area (Å²) in [6, 6.07) is 14.2. The Hall–Kier alpha value is -2.70. The molecule has 0 spiro atoms. The highest BCUT2D eigenvalue weighted by Gasteiger charge is 2.19. The molecule has 31 heavy (non-hydrogen) atoms. The second-order valence-electron chi connectivity index (χ2n) is 7.55. The van der Waals surface area contributed by atoms with Crippen LogP contribution in [0.25, 0.3) is 0 Å². The molecule has 0 aliphatic heterocycles. The number of nitrogens with zero attached hydrogens (tertiary/aromatic N) is 3. The van der Waals surface area contributed by atoms with Gasteiger partial charge in [-0.25, -0.2) is 4.39 Å². The average Bonchev–Trinajstić information content (AvgIpc) is 3.02. The fourth-order valence-electron chi connectivity index (χ4n) is 3.63. The summed E-state index contributed by atoms with van der Waals surface area (Å²) in [5, 5.41) is 8.22. The molecule has 0 atom stereocenters. The second kappa shape index (κ2) is 10.6. The van der Waals surface area contributed by atoms with Crippen LogP contribution in [0.4, 0.5) is 4.39 Å². The molecule has 2 aromatic carbocycles. The number of aryl methyl sites for hydroxylation is 1. The maximum absolute atomic E-state index is 13.4. The summed E-state index contributed by atoms with van der Waals surface area (Å²) >= 11 is 6.27. The molecule has 1 aromatic heterocycles. The van der Waals surface area contributed by atoms with E-state index in [2.05, 4.69) is 15.3 Å². The zero-order valence-electron chi connectivity index (χ0n) is 18.2. The first-order valence-electron chi connectivity index (χ1n) is 10.4. The predicted molar refractivity (Wildman–Crippen MR) is 122 cm³/mol. The van der Waals surface area contributed by atoms with Crippen molar-refractivity contribution >= 4 is 17.5 Å². The van der Waals surface area contributed by atoms with E-state index in [4.69, 9.17) is 11.6 Å². The van der Waals surface area contributed by atoms with E-state index in [-0.39, 0.29) is 11.7 Å². The molecular formula is C24H28ClFN4O. The van der Waals surface area contributed by atoms with Crippen LogP contribution in [0.3, 0.4) is 0 Å². The molecular weight excluding hydrogens is 415 g/mol. The summed E-state index contributed by atoms with van der Waals surface area (Å²) in [6.45, 7) is 8.91. The molecule has 0 aliphatic rings. The van der Waals surface area contributed by atoms with Gasteiger partial charge in [-0.1, -0.05) is 48.9 Å². The molecule has 0 radical (unpaired) electrons. The molecule has 0 unspecified atom stereocenters. The zero-order chi connectivity index (χ0) is 22.4. The number of hydrogen-bond donors (Lipinski definition) is 1. The highest BCUT2D eigenvalue weighted by atomic mass is 35.5. The second-order valence-corrected chi connectivity index (χ2v) is 7.96. The zero-order valence-corrected chi connectivity index (χ0v) is 18.9. The van der Waals surface area contributed by atoms with Gasteiger partial charge in [0.1, 0.15) is 5.82 Å². The summed E-state index contributed by atoms with van der Waals surface area (Å²) < 4.78 is 15.2. The topological polar surface area (TPSA) is 50.2 Å². The lowest BCUT2D eigenvalue weighted by molar-refractivity contribution is 0.0947. The summed E-state index contributed by atoms with van der Waals surface area (Å²) in [4.78, 5) is 15.0. The van der Waals surface area contributed by atoms with Crippen LogP contribution >= 0.6 is 11.6 Å². The van der Waals surface area contributed by atoms with Gasteiger partial charge >= 0.3 is 0 Å². The molecule has 0 aliphatic carbocycles. The van der Waals surface area contributed by atoms with Gasteiger partial charge < -0.3 is 5.32 Å². The van der Waals surface area contributed by atoms with E-state index in [0.717, 1.165) is 23.4 Å². The smallest absolute Gasteiger partial charge is 0.255 e. The van der Waals surface area contributed by atoms with Crippen molar-refractivity contribution in [1.29, 1.82) is 0 Å². The number of amides is 1. The molecule has 0 saturated heterocycles. The number of hydrogen-bond acceptors (Lipinski definition) is 3. The number of likely N-dealkylation sites (N-methyl/N-ethyl adjacent to an activating group) is 1. The normalized spacial score (nSPS) is 11.2. The van der Waals surface area contributed by atoms with Crippen molar-refractivity contribution in [3.05, 3.63) is 87.4 Å². The lowest BCUT2D eigenvalue weighted by Gasteiger charge is -2.20. The maximum Gasteiger partial charge on any atom is 0.255 e. The third-order valence-electron chi connectivity index (χ3n) is 5.34. The van der Waals surface area contributed by atoms with E-state index in [9.17, 15) is 9.18 Å². The van der Waals surface area contributed by atoms with E-state index >= 15 is 0 Å². The molecule has 164 valence electrons. The van der Waals surface area contributed by atoms with E-state index in [1.165, 1.54) is 6.07 Å². The lowest BCUT2D eigenvalue weighted by Crippen LogP contribution is -2.35. The summed E-state index contributed by atoms with van der Waals surface area (Å²) in [5.74, 6) is -0.371. The Morgan fingerprint density at radius 3 is 2.68 bits per heavy atom. The van der Waals surface area contributed by atoms with Crippen molar-refractivity contribution in [3.63, 3.8) is 0 Å². The molecule has 0 bridgehead atoms. The van der Waals surface area contributed by atoms with Gasteiger partial charge in [-0.2, -0.15) is 5.10 Å². The number of halogens is 2. The Morgan fingerprint density at radius 1 is 1.19 bits per heavy atom. The SMILES string of the molecule is CCN(CCNC(=O)c1c(C)nn(Cc2ccccc2Cl)c1C)Cc1cccc(F)c1. The van der Waals surface area contributed by atoms with Gasteiger partial charge in [0.05, 0.1) is 17.8 Å². The van der Waals surface area contributed by atoms with Gasteiger partial charge in [0.15, 0.2) is 0 Å². The Kier molecular flexibility index (Phi) is 7.82. The molecule has 0 fully saturated rings. The van der Waals surface area contributed by atoms with Crippen LogP contribution in [0.5, 0.6) is 0 Å². The van der Waals surface area contributed by atoms with E-state index in [1.54, 1.807) is 12.1 Å².